The van der Waals surface area contributed by atoms with E-state index in [4.69, 9.17) is 9.84 Å². The molecule has 0 aliphatic carbocycles. The van der Waals surface area contributed by atoms with Crippen LogP contribution < -0.4 is 4.74 Å². The van der Waals surface area contributed by atoms with Gasteiger partial charge in [0.15, 0.2) is 0 Å². The summed E-state index contributed by atoms with van der Waals surface area (Å²) in [4.78, 5) is 11.1. The van der Waals surface area contributed by atoms with Gasteiger partial charge in [0.25, 0.3) is 0 Å². The number of carboxylic acids is 1. The summed E-state index contributed by atoms with van der Waals surface area (Å²) in [6.07, 6.45) is 0. The molecule has 2 aromatic rings. The molecule has 0 bridgehead atoms. The van der Waals surface area contributed by atoms with E-state index in [1.54, 1.807) is 12.1 Å². The molecule has 0 unspecified atom stereocenters. The van der Waals surface area contributed by atoms with E-state index in [1.807, 2.05) is 0 Å². The van der Waals surface area contributed by atoms with Crippen molar-refractivity contribution in [3.63, 3.8) is 0 Å². The van der Waals surface area contributed by atoms with Crippen LogP contribution in [0.5, 0.6) is 5.75 Å². The van der Waals surface area contributed by atoms with Crippen LogP contribution in [0.1, 0.15) is 10.4 Å². The highest BCUT2D eigenvalue weighted by molar-refractivity contribution is 9.10. The lowest BCUT2D eigenvalue weighted by atomic mass is 10.0. The first-order valence-electron chi connectivity index (χ1n) is 5.39. The zero-order chi connectivity index (χ0) is 14.0. The Morgan fingerprint density at radius 3 is 2.63 bits per heavy atom. The highest BCUT2D eigenvalue weighted by Crippen LogP contribution is 2.32. The molecule has 3 nitrogen and oxygen atoms in total. The minimum atomic E-state index is -1.05. The van der Waals surface area contributed by atoms with Crippen molar-refractivity contribution in [2.24, 2.45) is 0 Å². The molecule has 2 aromatic carbocycles. The molecule has 0 aromatic heterocycles. The molecule has 0 aliphatic rings. The molecule has 0 radical (unpaired) electrons. The smallest absolute Gasteiger partial charge is 0.336 e. The summed E-state index contributed by atoms with van der Waals surface area (Å²) >= 11 is 3.17. The van der Waals surface area contributed by atoms with E-state index in [9.17, 15) is 9.18 Å². The first-order chi connectivity index (χ1) is 9.02. The van der Waals surface area contributed by atoms with E-state index in [1.165, 1.54) is 31.4 Å². The van der Waals surface area contributed by atoms with Crippen LogP contribution in [-0.2, 0) is 0 Å². The molecule has 5 heteroatoms. The summed E-state index contributed by atoms with van der Waals surface area (Å²) in [6, 6.07) is 8.90. The van der Waals surface area contributed by atoms with Crippen molar-refractivity contribution in [3.8, 4) is 16.9 Å². The number of carbonyl (C=O) groups is 1. The molecule has 1 N–H and O–H groups in total. The SMILES string of the molecule is COc1ccc(F)cc1-c1ccc(Br)c(C(=O)O)c1. The Morgan fingerprint density at radius 2 is 2.00 bits per heavy atom. The average molecular weight is 325 g/mol. The second kappa shape index (κ2) is 5.40. The van der Waals surface area contributed by atoms with Crippen molar-refractivity contribution in [2.45, 2.75) is 0 Å². The van der Waals surface area contributed by atoms with Crippen molar-refractivity contribution >= 4 is 21.9 Å². The summed E-state index contributed by atoms with van der Waals surface area (Å²) < 4.78 is 19.0. The van der Waals surface area contributed by atoms with Gasteiger partial charge in [-0.3, -0.25) is 0 Å². The standard InChI is InChI=1S/C14H10BrFO3/c1-19-13-5-3-9(16)7-10(13)8-2-4-12(15)11(6-8)14(17)18/h2-7H,1H3,(H,17,18). The van der Waals surface area contributed by atoms with Gasteiger partial charge in [-0.05, 0) is 51.8 Å². The Hall–Kier alpha value is -1.88. The molecule has 0 saturated carbocycles. The summed E-state index contributed by atoms with van der Waals surface area (Å²) in [5, 5.41) is 9.08. The molecule has 2 rings (SSSR count). The largest absolute Gasteiger partial charge is 0.496 e. The fraction of sp³-hybridized carbons (Fsp3) is 0.0714. The first-order valence-corrected chi connectivity index (χ1v) is 6.19. The fourth-order valence-electron chi connectivity index (χ4n) is 1.76. The van der Waals surface area contributed by atoms with Crippen molar-refractivity contribution in [2.75, 3.05) is 7.11 Å². The third-order valence-electron chi connectivity index (χ3n) is 2.67. The third-order valence-corrected chi connectivity index (χ3v) is 3.36. The van der Waals surface area contributed by atoms with Gasteiger partial charge in [-0.2, -0.15) is 0 Å². The number of aromatic carboxylic acids is 1. The maximum absolute atomic E-state index is 13.3. The highest BCUT2D eigenvalue weighted by Gasteiger charge is 2.13. The van der Waals surface area contributed by atoms with E-state index < -0.39 is 11.8 Å². The Morgan fingerprint density at radius 1 is 1.26 bits per heavy atom. The van der Waals surface area contributed by atoms with E-state index in [2.05, 4.69) is 15.9 Å². The van der Waals surface area contributed by atoms with Crippen LogP contribution in [0.4, 0.5) is 4.39 Å². The van der Waals surface area contributed by atoms with Gasteiger partial charge in [-0.15, -0.1) is 0 Å². The Kier molecular flexibility index (Phi) is 3.85. The van der Waals surface area contributed by atoms with E-state index in [0.717, 1.165) is 0 Å². The second-order valence-electron chi connectivity index (χ2n) is 3.84. The van der Waals surface area contributed by atoms with Gasteiger partial charge in [-0.25, -0.2) is 9.18 Å². The predicted octanol–water partition coefficient (Wildman–Crippen LogP) is 3.96. The van der Waals surface area contributed by atoms with Crippen molar-refractivity contribution in [1.29, 1.82) is 0 Å². The zero-order valence-corrected chi connectivity index (χ0v) is 11.6. The molecular formula is C14H10BrFO3. The molecule has 0 fully saturated rings. The van der Waals surface area contributed by atoms with Crippen LogP contribution in [0.3, 0.4) is 0 Å². The van der Waals surface area contributed by atoms with E-state index in [0.29, 0.717) is 21.3 Å². The summed E-state index contributed by atoms with van der Waals surface area (Å²) in [5.41, 5.74) is 1.21. The lowest BCUT2D eigenvalue weighted by Crippen LogP contribution is -1.98. The van der Waals surface area contributed by atoms with Gasteiger partial charge >= 0.3 is 5.97 Å². The number of hydrogen-bond acceptors (Lipinski definition) is 2. The predicted molar refractivity (Wildman–Crippen MR) is 73.0 cm³/mol. The number of rotatable bonds is 3. The number of carboxylic acid groups (broad SMARTS) is 1. The van der Waals surface area contributed by atoms with Crippen LogP contribution >= 0.6 is 15.9 Å². The Labute approximate surface area is 117 Å². The molecular weight excluding hydrogens is 315 g/mol. The van der Waals surface area contributed by atoms with Gasteiger partial charge in [0.05, 0.1) is 12.7 Å². The molecule has 19 heavy (non-hydrogen) atoms. The van der Waals surface area contributed by atoms with Crippen molar-refractivity contribution in [1.82, 2.24) is 0 Å². The van der Waals surface area contributed by atoms with Crippen LogP contribution in [0.2, 0.25) is 0 Å². The fourth-order valence-corrected chi connectivity index (χ4v) is 2.18. The number of methoxy groups -OCH3 is 1. The van der Waals surface area contributed by atoms with Crippen molar-refractivity contribution < 1.29 is 19.0 Å². The van der Waals surface area contributed by atoms with Crippen LogP contribution in [0.15, 0.2) is 40.9 Å². The van der Waals surface area contributed by atoms with E-state index >= 15 is 0 Å². The summed E-state index contributed by atoms with van der Waals surface area (Å²) in [5.74, 6) is -0.972. The number of hydrogen-bond donors (Lipinski definition) is 1. The Balaban J connectivity index is 2.62. The molecule has 0 spiro atoms. The average Bonchev–Trinajstić information content (AvgIpc) is 2.39. The van der Waals surface area contributed by atoms with Crippen LogP contribution in [0, 0.1) is 5.82 Å². The summed E-state index contributed by atoms with van der Waals surface area (Å²) in [7, 11) is 1.48. The number of benzene rings is 2. The van der Waals surface area contributed by atoms with Crippen LogP contribution in [0.25, 0.3) is 11.1 Å². The molecule has 0 atom stereocenters. The zero-order valence-electron chi connectivity index (χ0n) is 9.98. The monoisotopic (exact) mass is 324 g/mol. The lowest BCUT2D eigenvalue weighted by molar-refractivity contribution is 0.0696. The number of ether oxygens (including phenoxy) is 1. The maximum Gasteiger partial charge on any atom is 0.336 e. The van der Waals surface area contributed by atoms with Crippen LogP contribution in [-0.4, -0.2) is 18.2 Å². The minimum Gasteiger partial charge on any atom is -0.496 e. The number of halogens is 2. The van der Waals surface area contributed by atoms with Gasteiger partial charge in [0.1, 0.15) is 11.6 Å². The first kappa shape index (κ1) is 13.5. The molecule has 0 amide bonds. The third kappa shape index (κ3) is 2.76. The lowest BCUT2D eigenvalue weighted by Gasteiger charge is -2.10. The van der Waals surface area contributed by atoms with E-state index in [-0.39, 0.29) is 5.56 Å². The molecule has 0 saturated heterocycles. The second-order valence-corrected chi connectivity index (χ2v) is 4.70. The highest BCUT2D eigenvalue weighted by atomic mass is 79.9. The van der Waals surface area contributed by atoms with Gasteiger partial charge in [-0.1, -0.05) is 6.07 Å². The Bertz CT molecular complexity index is 641. The normalized spacial score (nSPS) is 10.3. The van der Waals surface area contributed by atoms with Gasteiger partial charge < -0.3 is 9.84 Å². The molecule has 0 aliphatic heterocycles. The maximum atomic E-state index is 13.3. The molecule has 0 heterocycles. The van der Waals surface area contributed by atoms with Gasteiger partial charge in [0, 0.05) is 10.0 Å². The van der Waals surface area contributed by atoms with Crippen molar-refractivity contribution in [3.05, 3.63) is 52.3 Å². The topological polar surface area (TPSA) is 46.5 Å². The summed E-state index contributed by atoms with van der Waals surface area (Å²) in [6.45, 7) is 0. The van der Waals surface area contributed by atoms with Gasteiger partial charge in [0.2, 0.25) is 0 Å². The minimum absolute atomic E-state index is 0.115. The molecule has 98 valence electrons. The quantitative estimate of drug-likeness (QED) is 0.929.